The lowest BCUT2D eigenvalue weighted by atomic mass is 10.2. The van der Waals surface area contributed by atoms with E-state index in [-0.39, 0.29) is 29.4 Å². The molecule has 8 heteroatoms. The Morgan fingerprint density at radius 3 is 1.75 bits per heavy atom. The van der Waals surface area contributed by atoms with Crippen LogP contribution >= 0.6 is 0 Å². The highest BCUT2D eigenvalue weighted by molar-refractivity contribution is 5.50. The summed E-state index contributed by atoms with van der Waals surface area (Å²) in [6.07, 6.45) is -0.196. The molecule has 2 N–H and O–H groups in total. The topological polar surface area (TPSA) is 87.6 Å². The van der Waals surface area contributed by atoms with Crippen LogP contribution < -0.4 is 15.2 Å². The average molecular weight is 396 g/mol. The molecule has 154 valence electrons. The number of halogens is 2. The molecule has 0 bridgehead atoms. The standard InChI is InChI=1S/C10H12FNO3.C10H14FNO/c1-6(2)15-10-4-7(3)9(12(13)14)5-8(10)11;1-6(2)13-10-4-7(3)9(12)5-8(10)11/h4-6H,1-3H3;4-6H,12H2,1-3H3. The van der Waals surface area contributed by atoms with E-state index in [1.54, 1.807) is 26.8 Å². The summed E-state index contributed by atoms with van der Waals surface area (Å²) in [5.41, 5.74) is 6.96. The molecule has 0 spiro atoms. The van der Waals surface area contributed by atoms with Crippen molar-refractivity contribution in [3.63, 3.8) is 0 Å². The summed E-state index contributed by atoms with van der Waals surface area (Å²) < 4.78 is 36.9. The molecule has 0 fully saturated rings. The van der Waals surface area contributed by atoms with Crippen molar-refractivity contribution >= 4 is 11.4 Å². The van der Waals surface area contributed by atoms with Gasteiger partial charge in [-0.15, -0.1) is 0 Å². The van der Waals surface area contributed by atoms with E-state index in [0.717, 1.165) is 11.6 Å². The monoisotopic (exact) mass is 396 g/mol. The van der Waals surface area contributed by atoms with Crippen molar-refractivity contribution in [2.75, 3.05) is 5.73 Å². The SMILES string of the molecule is Cc1cc(OC(C)C)c(F)cc1N.Cc1cc(OC(C)C)c(F)cc1[N+](=O)[O-]. The van der Waals surface area contributed by atoms with E-state index in [4.69, 9.17) is 15.2 Å². The van der Waals surface area contributed by atoms with E-state index in [1.807, 2.05) is 20.8 Å². The molecule has 0 saturated carbocycles. The summed E-state index contributed by atoms with van der Waals surface area (Å²) in [6, 6.07) is 5.12. The molecule has 0 radical (unpaired) electrons. The Morgan fingerprint density at radius 1 is 0.893 bits per heavy atom. The largest absolute Gasteiger partial charge is 0.488 e. The summed E-state index contributed by atoms with van der Waals surface area (Å²) in [4.78, 5) is 9.89. The number of hydrogen-bond acceptors (Lipinski definition) is 5. The normalized spacial score (nSPS) is 10.5. The summed E-state index contributed by atoms with van der Waals surface area (Å²) >= 11 is 0. The number of nitro groups is 1. The third-order valence-corrected chi connectivity index (χ3v) is 3.49. The minimum atomic E-state index is -0.707. The van der Waals surface area contributed by atoms with Gasteiger partial charge in [0.25, 0.3) is 5.69 Å². The molecule has 28 heavy (non-hydrogen) atoms. The predicted octanol–water partition coefficient (Wildman–Crippen LogP) is 5.33. The van der Waals surface area contributed by atoms with Gasteiger partial charge in [-0.2, -0.15) is 0 Å². The summed E-state index contributed by atoms with van der Waals surface area (Å²) in [5.74, 6) is -0.799. The van der Waals surface area contributed by atoms with Crippen LogP contribution in [-0.2, 0) is 0 Å². The molecule has 0 heterocycles. The fourth-order valence-corrected chi connectivity index (χ4v) is 2.20. The fraction of sp³-hybridized carbons (Fsp3) is 0.400. The van der Waals surface area contributed by atoms with Gasteiger partial charge in [0, 0.05) is 17.3 Å². The zero-order valence-corrected chi connectivity index (χ0v) is 16.9. The molecule has 2 rings (SSSR count). The van der Waals surface area contributed by atoms with Crippen LogP contribution in [0.3, 0.4) is 0 Å². The molecular weight excluding hydrogens is 370 g/mol. The van der Waals surface area contributed by atoms with Gasteiger partial charge in [-0.1, -0.05) is 0 Å². The zero-order chi connectivity index (χ0) is 21.6. The molecule has 2 aromatic rings. The van der Waals surface area contributed by atoms with Crippen LogP contribution in [0.15, 0.2) is 24.3 Å². The summed E-state index contributed by atoms with van der Waals surface area (Å²) in [6.45, 7) is 10.6. The predicted molar refractivity (Wildman–Crippen MR) is 105 cm³/mol. The molecule has 0 unspecified atom stereocenters. The molecule has 0 amide bonds. The first-order valence-corrected chi connectivity index (χ1v) is 8.75. The van der Waals surface area contributed by atoms with E-state index in [9.17, 15) is 18.9 Å². The van der Waals surface area contributed by atoms with Crippen LogP contribution in [0.2, 0.25) is 0 Å². The lowest BCUT2D eigenvalue weighted by molar-refractivity contribution is -0.385. The number of hydrogen-bond donors (Lipinski definition) is 1. The van der Waals surface area contributed by atoms with E-state index in [2.05, 4.69) is 0 Å². The molecule has 0 aliphatic rings. The second-order valence-corrected chi connectivity index (χ2v) is 6.80. The summed E-state index contributed by atoms with van der Waals surface area (Å²) in [7, 11) is 0. The van der Waals surface area contributed by atoms with Gasteiger partial charge in [-0.3, -0.25) is 10.1 Å². The molecule has 0 aliphatic carbocycles. The van der Waals surface area contributed by atoms with Gasteiger partial charge in [0.2, 0.25) is 0 Å². The van der Waals surface area contributed by atoms with Crippen molar-refractivity contribution in [2.45, 2.75) is 53.8 Å². The van der Waals surface area contributed by atoms with Crippen LogP contribution in [0.5, 0.6) is 11.5 Å². The zero-order valence-electron chi connectivity index (χ0n) is 16.9. The third-order valence-electron chi connectivity index (χ3n) is 3.49. The molecule has 0 atom stereocenters. The maximum Gasteiger partial charge on any atom is 0.275 e. The minimum absolute atomic E-state index is 0.0301. The highest BCUT2D eigenvalue weighted by Crippen LogP contribution is 2.27. The van der Waals surface area contributed by atoms with Gasteiger partial charge in [-0.25, -0.2) is 8.78 Å². The Morgan fingerprint density at radius 2 is 1.32 bits per heavy atom. The first-order valence-electron chi connectivity index (χ1n) is 8.75. The Kier molecular flexibility index (Phi) is 8.16. The third kappa shape index (κ3) is 6.68. The first-order chi connectivity index (χ1) is 12.9. The van der Waals surface area contributed by atoms with Gasteiger partial charge in [-0.05, 0) is 59.2 Å². The second-order valence-electron chi connectivity index (χ2n) is 6.80. The second kappa shape index (κ2) is 9.87. The number of nitrogens with zero attached hydrogens (tertiary/aromatic N) is 1. The number of nitro benzene ring substituents is 1. The number of anilines is 1. The van der Waals surface area contributed by atoms with Gasteiger partial charge >= 0.3 is 0 Å². The average Bonchev–Trinajstić information content (AvgIpc) is 2.55. The lowest BCUT2D eigenvalue weighted by Gasteiger charge is -2.12. The van der Waals surface area contributed by atoms with Crippen molar-refractivity contribution in [2.24, 2.45) is 0 Å². The van der Waals surface area contributed by atoms with Crippen LogP contribution in [-0.4, -0.2) is 17.1 Å². The van der Waals surface area contributed by atoms with E-state index in [0.29, 0.717) is 11.3 Å². The summed E-state index contributed by atoms with van der Waals surface area (Å²) in [5, 5.41) is 10.5. The smallest absolute Gasteiger partial charge is 0.275 e. The van der Waals surface area contributed by atoms with Gasteiger partial charge in [0.15, 0.2) is 23.1 Å². The molecule has 6 nitrogen and oxygen atoms in total. The van der Waals surface area contributed by atoms with E-state index in [1.165, 1.54) is 12.1 Å². The van der Waals surface area contributed by atoms with Crippen LogP contribution in [0.25, 0.3) is 0 Å². The molecule has 0 aliphatic heterocycles. The minimum Gasteiger partial charge on any atom is -0.488 e. The first kappa shape index (κ1) is 23.1. The quantitative estimate of drug-likeness (QED) is 0.419. The van der Waals surface area contributed by atoms with Crippen molar-refractivity contribution in [1.29, 1.82) is 0 Å². The van der Waals surface area contributed by atoms with Crippen LogP contribution in [0.4, 0.5) is 20.2 Å². The van der Waals surface area contributed by atoms with Crippen LogP contribution in [0.1, 0.15) is 38.8 Å². The van der Waals surface area contributed by atoms with E-state index >= 15 is 0 Å². The lowest BCUT2D eigenvalue weighted by Crippen LogP contribution is -2.07. The van der Waals surface area contributed by atoms with Gasteiger partial charge < -0.3 is 15.2 Å². The van der Waals surface area contributed by atoms with Crippen LogP contribution in [0, 0.1) is 35.6 Å². The fourth-order valence-electron chi connectivity index (χ4n) is 2.20. The van der Waals surface area contributed by atoms with Crippen molar-refractivity contribution in [1.82, 2.24) is 0 Å². The van der Waals surface area contributed by atoms with Crippen molar-refractivity contribution in [3.8, 4) is 11.5 Å². The number of benzene rings is 2. The van der Waals surface area contributed by atoms with Crippen molar-refractivity contribution in [3.05, 3.63) is 57.1 Å². The van der Waals surface area contributed by atoms with Gasteiger partial charge in [0.05, 0.1) is 23.2 Å². The Labute approximate surface area is 163 Å². The number of nitrogen functional groups attached to an aromatic ring is 1. The van der Waals surface area contributed by atoms with Gasteiger partial charge in [0.1, 0.15) is 0 Å². The number of aryl methyl sites for hydroxylation is 2. The molecular formula is C20H26F2N2O4. The highest BCUT2D eigenvalue weighted by Gasteiger charge is 2.16. The Bertz CT molecular complexity index is 839. The molecule has 0 aromatic heterocycles. The number of nitrogens with two attached hydrogens (primary N) is 1. The highest BCUT2D eigenvalue weighted by atomic mass is 19.1. The Hall–Kier alpha value is -2.90. The number of rotatable bonds is 5. The van der Waals surface area contributed by atoms with Crippen molar-refractivity contribution < 1.29 is 23.2 Å². The van der Waals surface area contributed by atoms with E-state index < -0.39 is 16.6 Å². The molecule has 2 aromatic carbocycles. The molecule has 0 saturated heterocycles. The Balaban J connectivity index is 0.000000283. The maximum absolute atomic E-state index is 13.3. The maximum atomic E-state index is 13.3. The number of ether oxygens (including phenoxy) is 2.